The molecule has 0 saturated carbocycles. The Morgan fingerprint density at radius 3 is 2.52 bits per heavy atom. The number of nitrogens with one attached hydrogen (secondary N) is 2. The highest BCUT2D eigenvalue weighted by atomic mass is 16.7. The molecule has 11 nitrogen and oxygen atoms in total. The van der Waals surface area contributed by atoms with Crippen LogP contribution in [0.15, 0.2) is 66.7 Å². The molecule has 0 aliphatic carbocycles. The monoisotopic (exact) mass is 660 g/mol. The molecular formula is C37H48N4O7. The van der Waals surface area contributed by atoms with Crippen molar-refractivity contribution in [2.75, 3.05) is 50.8 Å². The average molecular weight is 661 g/mol. The van der Waals surface area contributed by atoms with E-state index in [1.807, 2.05) is 50.2 Å². The second-order valence-electron chi connectivity index (χ2n) is 12.8. The van der Waals surface area contributed by atoms with Gasteiger partial charge in [0.15, 0.2) is 11.5 Å². The Kier molecular flexibility index (Phi) is 12.2. The molecule has 2 heterocycles. The van der Waals surface area contributed by atoms with Gasteiger partial charge in [-0.3, -0.25) is 9.69 Å². The normalized spacial score (nSPS) is 20.8. The third-order valence-corrected chi connectivity index (χ3v) is 8.72. The van der Waals surface area contributed by atoms with Gasteiger partial charge in [-0.2, -0.15) is 0 Å². The molecule has 3 aromatic carbocycles. The second kappa shape index (κ2) is 16.7. The van der Waals surface area contributed by atoms with Gasteiger partial charge in [-0.05, 0) is 88.2 Å². The summed E-state index contributed by atoms with van der Waals surface area (Å²) in [6, 6.07) is 19.3. The number of carbonyl (C=O) groups is 2. The molecule has 3 N–H and O–H groups in total. The lowest BCUT2D eigenvalue weighted by Gasteiger charge is -2.36. The first-order valence-corrected chi connectivity index (χ1v) is 16.7. The van der Waals surface area contributed by atoms with E-state index in [1.54, 1.807) is 35.2 Å². The zero-order valence-electron chi connectivity index (χ0n) is 28.3. The van der Waals surface area contributed by atoms with Crippen LogP contribution in [0.1, 0.15) is 56.0 Å². The Morgan fingerprint density at radius 2 is 1.73 bits per heavy atom. The molecule has 2 aliphatic rings. The van der Waals surface area contributed by atoms with Crippen LogP contribution in [0.2, 0.25) is 0 Å². The molecule has 48 heavy (non-hydrogen) atoms. The van der Waals surface area contributed by atoms with Crippen LogP contribution in [0.5, 0.6) is 17.2 Å². The van der Waals surface area contributed by atoms with Gasteiger partial charge >= 0.3 is 6.03 Å². The number of carbonyl (C=O) groups excluding carboxylic acids is 2. The molecule has 0 saturated heterocycles. The maximum absolute atomic E-state index is 14.4. The zero-order chi connectivity index (χ0) is 34.0. The smallest absolute Gasteiger partial charge is 0.323 e. The molecule has 5 rings (SSSR count). The number of hydrogen-bond acceptors (Lipinski definition) is 8. The first-order chi connectivity index (χ1) is 23.2. The number of aliphatic hydroxyl groups excluding tert-OH is 1. The van der Waals surface area contributed by atoms with Crippen LogP contribution < -0.4 is 24.8 Å². The van der Waals surface area contributed by atoms with Crippen LogP contribution in [0.3, 0.4) is 0 Å². The molecule has 3 aromatic rings. The molecule has 0 aromatic heterocycles. The minimum Gasteiger partial charge on any atom is -0.490 e. The summed E-state index contributed by atoms with van der Waals surface area (Å²) in [5.41, 5.74) is 2.52. The van der Waals surface area contributed by atoms with E-state index in [4.69, 9.17) is 18.9 Å². The topological polar surface area (TPSA) is 122 Å². The summed E-state index contributed by atoms with van der Waals surface area (Å²) < 4.78 is 23.9. The molecule has 4 atom stereocenters. The van der Waals surface area contributed by atoms with Crippen molar-refractivity contribution >= 4 is 23.3 Å². The van der Waals surface area contributed by atoms with Crippen LogP contribution in [0, 0.1) is 5.92 Å². The Labute approximate surface area is 283 Å². The third-order valence-electron chi connectivity index (χ3n) is 8.72. The van der Waals surface area contributed by atoms with Gasteiger partial charge in [0.1, 0.15) is 5.75 Å². The molecule has 0 unspecified atom stereocenters. The predicted molar refractivity (Wildman–Crippen MR) is 185 cm³/mol. The average Bonchev–Trinajstić information content (AvgIpc) is 3.54. The van der Waals surface area contributed by atoms with Gasteiger partial charge in [-0.25, -0.2) is 4.79 Å². The van der Waals surface area contributed by atoms with Crippen LogP contribution >= 0.6 is 0 Å². The number of rotatable bonds is 8. The molecule has 0 radical (unpaired) electrons. The van der Waals surface area contributed by atoms with E-state index in [2.05, 4.69) is 29.5 Å². The van der Waals surface area contributed by atoms with Crippen molar-refractivity contribution < 1.29 is 33.6 Å². The number of aliphatic hydroxyl groups is 1. The van der Waals surface area contributed by atoms with Gasteiger partial charge in [-0.15, -0.1) is 0 Å². The largest absolute Gasteiger partial charge is 0.490 e. The van der Waals surface area contributed by atoms with Gasteiger partial charge in [0.05, 0.1) is 30.4 Å². The van der Waals surface area contributed by atoms with Crippen molar-refractivity contribution in [3.63, 3.8) is 0 Å². The van der Waals surface area contributed by atoms with E-state index in [9.17, 15) is 14.7 Å². The molecule has 258 valence electrons. The van der Waals surface area contributed by atoms with Crippen molar-refractivity contribution in [2.45, 2.75) is 64.8 Å². The minimum absolute atomic E-state index is 0.0636. The molecule has 0 fully saturated rings. The Balaban J connectivity index is 1.36. The maximum atomic E-state index is 14.4. The first kappa shape index (κ1) is 35.0. The standard InChI is InChI=1S/C37H48N4O7/c1-25-20-41(26(2)23-42)36(43)31-19-30(39-37(44)38-29-11-6-5-7-12-29)14-16-32(31)48-27(3)10-8-9-17-45-35(25)22-40(4)21-28-13-15-33-34(18-28)47-24-46-33/h5-7,11-16,18-19,25-27,35,42H,8-10,17,20-24H2,1-4H3,(H2,38,39,44)/t25-,26-,27+,35+/m0/s1. The number of amides is 3. The summed E-state index contributed by atoms with van der Waals surface area (Å²) >= 11 is 0. The number of likely N-dealkylation sites (N-methyl/N-ethyl adjacent to an activating group) is 1. The number of urea groups is 1. The molecular weight excluding hydrogens is 612 g/mol. The number of hydrogen-bond donors (Lipinski definition) is 3. The summed E-state index contributed by atoms with van der Waals surface area (Å²) in [6.07, 6.45) is 2.26. The summed E-state index contributed by atoms with van der Waals surface area (Å²) in [6.45, 7) is 8.21. The number of ether oxygens (including phenoxy) is 4. The second-order valence-corrected chi connectivity index (χ2v) is 12.8. The molecule has 3 amide bonds. The molecule has 2 aliphatic heterocycles. The SMILES string of the molecule is C[C@@H]1CCCCO[C@H](CN(C)Cc2ccc3c(c2)OCO3)[C@@H](C)CN([C@@H](C)CO)C(=O)c2cc(NC(=O)Nc3ccccc3)ccc2O1. The summed E-state index contributed by atoms with van der Waals surface area (Å²) in [5.74, 6) is 1.60. The lowest BCUT2D eigenvalue weighted by Crippen LogP contribution is -2.47. The summed E-state index contributed by atoms with van der Waals surface area (Å²) in [4.78, 5) is 31.1. The van der Waals surface area contributed by atoms with E-state index in [-0.39, 0.29) is 37.4 Å². The van der Waals surface area contributed by atoms with Crippen LogP contribution in [0.25, 0.3) is 0 Å². The van der Waals surface area contributed by atoms with Gasteiger partial charge < -0.3 is 39.6 Å². The van der Waals surface area contributed by atoms with E-state index in [0.29, 0.717) is 48.9 Å². The number of para-hydroxylation sites is 1. The highest BCUT2D eigenvalue weighted by Crippen LogP contribution is 2.33. The van der Waals surface area contributed by atoms with Gasteiger partial charge in [0, 0.05) is 43.5 Å². The zero-order valence-corrected chi connectivity index (χ0v) is 28.3. The van der Waals surface area contributed by atoms with E-state index in [1.165, 1.54) is 0 Å². The Morgan fingerprint density at radius 1 is 0.979 bits per heavy atom. The van der Waals surface area contributed by atoms with E-state index >= 15 is 0 Å². The fraction of sp³-hybridized carbons (Fsp3) is 0.459. The first-order valence-electron chi connectivity index (χ1n) is 16.7. The Hall–Kier alpha value is -4.32. The number of anilines is 2. The van der Waals surface area contributed by atoms with Gasteiger partial charge in [-0.1, -0.05) is 31.2 Å². The number of benzene rings is 3. The number of fused-ring (bicyclic) bond motifs is 2. The Bertz CT molecular complexity index is 1520. The minimum atomic E-state index is -0.469. The molecule has 0 spiro atoms. The van der Waals surface area contributed by atoms with Crippen molar-refractivity contribution in [1.29, 1.82) is 0 Å². The molecule has 11 heteroatoms. The van der Waals surface area contributed by atoms with E-state index < -0.39 is 12.1 Å². The predicted octanol–water partition coefficient (Wildman–Crippen LogP) is 5.99. The highest BCUT2D eigenvalue weighted by molar-refractivity contribution is 6.02. The van der Waals surface area contributed by atoms with E-state index in [0.717, 1.165) is 36.3 Å². The lowest BCUT2D eigenvalue weighted by atomic mass is 10.0. The third kappa shape index (κ3) is 9.40. The van der Waals surface area contributed by atoms with Crippen LogP contribution in [0.4, 0.5) is 16.2 Å². The maximum Gasteiger partial charge on any atom is 0.323 e. The van der Waals surface area contributed by atoms with Crippen molar-refractivity contribution in [2.24, 2.45) is 5.92 Å². The quantitative estimate of drug-likeness (QED) is 0.270. The molecule has 0 bridgehead atoms. The summed E-state index contributed by atoms with van der Waals surface area (Å²) in [5, 5.41) is 15.9. The van der Waals surface area contributed by atoms with Crippen LogP contribution in [-0.2, 0) is 11.3 Å². The number of nitrogens with zero attached hydrogens (tertiary/aromatic N) is 2. The lowest BCUT2D eigenvalue weighted by molar-refractivity contribution is -0.0177. The fourth-order valence-corrected chi connectivity index (χ4v) is 6.00. The van der Waals surface area contributed by atoms with Crippen LogP contribution in [-0.4, -0.2) is 85.2 Å². The van der Waals surface area contributed by atoms with Gasteiger partial charge in [0.25, 0.3) is 5.91 Å². The van der Waals surface area contributed by atoms with Crippen molar-refractivity contribution in [3.05, 3.63) is 77.9 Å². The summed E-state index contributed by atoms with van der Waals surface area (Å²) in [7, 11) is 2.06. The van der Waals surface area contributed by atoms with Gasteiger partial charge in [0.2, 0.25) is 6.79 Å². The van der Waals surface area contributed by atoms with Crippen molar-refractivity contribution in [1.82, 2.24) is 9.80 Å². The van der Waals surface area contributed by atoms with Crippen molar-refractivity contribution in [3.8, 4) is 17.2 Å². The fourth-order valence-electron chi connectivity index (χ4n) is 6.00. The highest BCUT2D eigenvalue weighted by Gasteiger charge is 2.30.